The lowest BCUT2D eigenvalue weighted by molar-refractivity contribution is 0.400. The van der Waals surface area contributed by atoms with Gasteiger partial charge in [0.25, 0.3) is 0 Å². The van der Waals surface area contributed by atoms with Gasteiger partial charge in [0, 0.05) is 11.1 Å². The van der Waals surface area contributed by atoms with Crippen LogP contribution in [-0.2, 0) is 0 Å². The van der Waals surface area contributed by atoms with E-state index in [1.807, 2.05) is 0 Å². The molecule has 0 aliphatic carbocycles. The second-order valence-electron chi connectivity index (χ2n) is 3.47. The molecule has 0 radical (unpaired) electrons. The second-order valence-corrected chi connectivity index (χ2v) is 4.49. The minimum absolute atomic E-state index is 0.0656. The lowest BCUT2D eigenvalue weighted by atomic mass is 9.87. The summed E-state index contributed by atoms with van der Waals surface area (Å²) in [5.41, 5.74) is 7.27. The summed E-state index contributed by atoms with van der Waals surface area (Å²) in [7, 11) is 0. The van der Waals surface area contributed by atoms with Crippen LogP contribution in [0.5, 0.6) is 0 Å². The second kappa shape index (κ2) is 3.07. The van der Waals surface area contributed by atoms with Crippen molar-refractivity contribution in [1.29, 1.82) is 0 Å². The monoisotopic (exact) mass is 172 g/mol. The molecular weight excluding hydrogens is 156 g/mol. The predicted octanol–water partition coefficient (Wildman–Crippen LogP) is 1.84. The first kappa shape index (κ1) is 8.94. The molecule has 1 heterocycles. The van der Waals surface area contributed by atoms with Gasteiger partial charge in [-0.3, -0.25) is 0 Å². The summed E-state index contributed by atoms with van der Waals surface area (Å²) in [6.45, 7) is 6.64. The van der Waals surface area contributed by atoms with Gasteiger partial charge >= 0.3 is 0 Å². The first-order valence-electron chi connectivity index (χ1n) is 3.94. The fourth-order valence-electron chi connectivity index (χ4n) is 0.908. The quantitative estimate of drug-likeness (QED) is 0.667. The summed E-state index contributed by atoms with van der Waals surface area (Å²) in [4.78, 5) is 0. The molecule has 3 heteroatoms. The molecule has 0 saturated heterocycles. The molecule has 64 valence electrons. The van der Waals surface area contributed by atoms with E-state index in [0.29, 0.717) is 0 Å². The van der Waals surface area contributed by atoms with Crippen molar-refractivity contribution in [3.05, 3.63) is 11.1 Å². The molecule has 1 aliphatic rings. The average molecular weight is 172 g/mol. The van der Waals surface area contributed by atoms with E-state index in [1.54, 1.807) is 11.8 Å². The van der Waals surface area contributed by atoms with Crippen molar-refractivity contribution in [2.45, 2.75) is 32.7 Å². The van der Waals surface area contributed by atoms with Crippen LogP contribution >= 0.6 is 11.8 Å². The fourth-order valence-corrected chi connectivity index (χ4v) is 1.77. The average Bonchev–Trinajstić information content (AvgIpc) is 2.36. The Kier molecular flexibility index (Phi) is 2.50. The van der Waals surface area contributed by atoms with Crippen molar-refractivity contribution in [3.8, 4) is 0 Å². The number of allylic oxidation sites excluding steroid dienone is 1. The van der Waals surface area contributed by atoms with Crippen LogP contribution in [0.1, 0.15) is 27.2 Å². The van der Waals surface area contributed by atoms with Gasteiger partial charge in [-0.15, -0.1) is 0 Å². The molecule has 0 bridgehead atoms. The van der Waals surface area contributed by atoms with Crippen LogP contribution in [0.3, 0.4) is 0 Å². The number of rotatable bonds is 2. The Hall–Kier alpha value is -0.150. The highest BCUT2D eigenvalue weighted by atomic mass is 32.2. The molecule has 0 aromatic heterocycles. The van der Waals surface area contributed by atoms with Gasteiger partial charge in [-0.2, -0.15) is 0 Å². The summed E-state index contributed by atoms with van der Waals surface area (Å²) in [6.07, 6.45) is 1.14. The van der Waals surface area contributed by atoms with Crippen LogP contribution < -0.4 is 11.1 Å². The van der Waals surface area contributed by atoms with Crippen molar-refractivity contribution < 1.29 is 0 Å². The zero-order valence-electron chi connectivity index (χ0n) is 7.35. The summed E-state index contributed by atoms with van der Waals surface area (Å²) < 4.78 is 0. The summed E-state index contributed by atoms with van der Waals surface area (Å²) in [5, 5.41) is 5.38. The maximum absolute atomic E-state index is 5.68. The number of nitrogens with one attached hydrogen (secondary N) is 1. The third-order valence-electron chi connectivity index (χ3n) is 2.24. The number of thioether (sulfide) groups is 1. The number of hydrogen-bond donors (Lipinski definition) is 2. The highest BCUT2D eigenvalue weighted by Crippen LogP contribution is 2.33. The molecule has 11 heavy (non-hydrogen) atoms. The van der Waals surface area contributed by atoms with Gasteiger partial charge in [-0.25, -0.2) is 0 Å². The first-order valence-corrected chi connectivity index (χ1v) is 4.89. The van der Waals surface area contributed by atoms with Gasteiger partial charge in [-0.1, -0.05) is 32.5 Å². The molecular formula is C8H16N2S. The zero-order valence-corrected chi connectivity index (χ0v) is 8.16. The molecule has 0 saturated carbocycles. The molecule has 3 N–H and O–H groups in total. The zero-order chi connectivity index (χ0) is 8.48. The van der Waals surface area contributed by atoms with Crippen LogP contribution in [0.25, 0.3) is 0 Å². The molecule has 0 aromatic rings. The molecule has 1 aliphatic heterocycles. The van der Waals surface area contributed by atoms with Crippen molar-refractivity contribution in [2.75, 3.05) is 0 Å². The lowest BCUT2D eigenvalue weighted by Gasteiger charge is -2.25. The topological polar surface area (TPSA) is 38.0 Å². The first-order chi connectivity index (χ1) is 5.06. The van der Waals surface area contributed by atoms with Gasteiger partial charge in [-0.05, 0) is 11.8 Å². The standard InChI is InChI=1S/C8H16N2S/c1-4-8(2,3)6-5-11-7(9)10-6/h5,7,10H,4,9H2,1-3H3. The van der Waals surface area contributed by atoms with E-state index in [-0.39, 0.29) is 10.9 Å². The summed E-state index contributed by atoms with van der Waals surface area (Å²) in [5.74, 6) is 0. The smallest absolute Gasteiger partial charge is 0.127 e. The largest absolute Gasteiger partial charge is 0.364 e. The lowest BCUT2D eigenvalue weighted by Crippen LogP contribution is -2.33. The Morgan fingerprint density at radius 1 is 1.73 bits per heavy atom. The third kappa shape index (κ3) is 1.91. The van der Waals surface area contributed by atoms with E-state index in [9.17, 15) is 0 Å². The van der Waals surface area contributed by atoms with Gasteiger partial charge in [0.2, 0.25) is 0 Å². The van der Waals surface area contributed by atoms with Gasteiger partial charge < -0.3 is 11.1 Å². The highest BCUT2D eigenvalue weighted by Gasteiger charge is 2.25. The normalized spacial score (nSPS) is 24.7. The molecule has 0 fully saturated rings. The Labute approximate surface area is 72.6 Å². The van der Waals surface area contributed by atoms with Crippen LogP contribution in [0.15, 0.2) is 11.1 Å². The SMILES string of the molecule is CCC(C)(C)C1=CSC(N)N1. The molecule has 0 spiro atoms. The number of nitrogens with two attached hydrogens (primary N) is 1. The molecule has 0 aromatic carbocycles. The Balaban J connectivity index is 2.62. The van der Waals surface area contributed by atoms with Crippen molar-refractivity contribution >= 4 is 11.8 Å². The van der Waals surface area contributed by atoms with Crippen LogP contribution in [0.4, 0.5) is 0 Å². The molecule has 1 unspecified atom stereocenters. The molecule has 1 rings (SSSR count). The minimum Gasteiger partial charge on any atom is -0.364 e. The highest BCUT2D eigenvalue weighted by molar-refractivity contribution is 8.02. The van der Waals surface area contributed by atoms with E-state index in [0.717, 1.165) is 6.42 Å². The van der Waals surface area contributed by atoms with Crippen molar-refractivity contribution in [2.24, 2.45) is 11.1 Å². The third-order valence-corrected chi connectivity index (χ3v) is 3.03. The van der Waals surface area contributed by atoms with Gasteiger partial charge in [0.05, 0.1) is 0 Å². The van der Waals surface area contributed by atoms with Crippen LogP contribution in [0, 0.1) is 5.41 Å². The maximum Gasteiger partial charge on any atom is 0.127 e. The molecule has 1 atom stereocenters. The van der Waals surface area contributed by atoms with E-state index in [4.69, 9.17) is 5.73 Å². The van der Waals surface area contributed by atoms with Crippen molar-refractivity contribution in [1.82, 2.24) is 5.32 Å². The Bertz CT molecular complexity index is 175. The summed E-state index contributed by atoms with van der Waals surface area (Å²) >= 11 is 1.65. The molecule has 2 nitrogen and oxygen atoms in total. The minimum atomic E-state index is 0.0656. The van der Waals surface area contributed by atoms with E-state index >= 15 is 0 Å². The van der Waals surface area contributed by atoms with E-state index < -0.39 is 0 Å². The van der Waals surface area contributed by atoms with Crippen LogP contribution in [0.2, 0.25) is 0 Å². The van der Waals surface area contributed by atoms with Gasteiger partial charge in [0.1, 0.15) is 5.50 Å². The number of hydrogen-bond acceptors (Lipinski definition) is 3. The van der Waals surface area contributed by atoms with Crippen LogP contribution in [-0.4, -0.2) is 5.50 Å². The fraction of sp³-hybridized carbons (Fsp3) is 0.750. The Morgan fingerprint density at radius 2 is 2.36 bits per heavy atom. The van der Waals surface area contributed by atoms with Gasteiger partial charge in [0.15, 0.2) is 0 Å². The predicted molar refractivity (Wildman–Crippen MR) is 50.9 cm³/mol. The Morgan fingerprint density at radius 3 is 2.73 bits per heavy atom. The molecule has 0 amide bonds. The van der Waals surface area contributed by atoms with E-state index in [2.05, 4.69) is 31.5 Å². The maximum atomic E-state index is 5.68. The van der Waals surface area contributed by atoms with E-state index in [1.165, 1.54) is 5.70 Å². The summed E-state index contributed by atoms with van der Waals surface area (Å²) in [6, 6.07) is 0. The van der Waals surface area contributed by atoms with Crippen molar-refractivity contribution in [3.63, 3.8) is 0 Å².